The summed E-state index contributed by atoms with van der Waals surface area (Å²) in [5, 5.41) is 0. The van der Waals surface area contributed by atoms with Crippen LogP contribution in [0.25, 0.3) is 0 Å². The standard InChI is InChI=1S/C23H31BO3/c1-17-16-19(12-13-21(17)25-6)20(18-10-8-7-9-11-18)14-15-24-26-22(2,3)23(4,5)27-24/h7-13,16,20H,14-15H2,1-6H3. The average molecular weight is 366 g/mol. The van der Waals surface area contributed by atoms with E-state index >= 15 is 0 Å². The van der Waals surface area contributed by atoms with Crippen molar-refractivity contribution < 1.29 is 14.0 Å². The fraction of sp³-hybridized carbons (Fsp3) is 0.478. The summed E-state index contributed by atoms with van der Waals surface area (Å²) in [6, 6.07) is 17.2. The number of methoxy groups -OCH3 is 1. The summed E-state index contributed by atoms with van der Waals surface area (Å²) < 4.78 is 17.8. The van der Waals surface area contributed by atoms with Crippen molar-refractivity contribution >= 4 is 7.12 Å². The number of hydrogen-bond acceptors (Lipinski definition) is 3. The molecule has 0 amide bonds. The molecule has 27 heavy (non-hydrogen) atoms. The Morgan fingerprint density at radius 1 is 0.926 bits per heavy atom. The van der Waals surface area contributed by atoms with Gasteiger partial charge in [-0.15, -0.1) is 0 Å². The van der Waals surface area contributed by atoms with E-state index in [1.165, 1.54) is 11.1 Å². The molecule has 1 heterocycles. The summed E-state index contributed by atoms with van der Waals surface area (Å²) in [6.07, 6.45) is 1.82. The Labute approximate surface area is 164 Å². The minimum atomic E-state index is -0.281. The normalized spacial score (nSPS) is 19.1. The van der Waals surface area contributed by atoms with Crippen LogP contribution in [0.4, 0.5) is 0 Å². The molecule has 1 unspecified atom stereocenters. The summed E-state index contributed by atoms with van der Waals surface area (Å²) in [5.41, 5.74) is 3.22. The minimum absolute atomic E-state index is 0.166. The van der Waals surface area contributed by atoms with E-state index < -0.39 is 0 Å². The lowest BCUT2D eigenvalue weighted by Gasteiger charge is -2.32. The first-order valence-electron chi connectivity index (χ1n) is 9.78. The van der Waals surface area contributed by atoms with Gasteiger partial charge in [-0.05, 0) is 70.1 Å². The monoisotopic (exact) mass is 366 g/mol. The van der Waals surface area contributed by atoms with E-state index in [9.17, 15) is 0 Å². The lowest BCUT2D eigenvalue weighted by Crippen LogP contribution is -2.41. The van der Waals surface area contributed by atoms with Crippen LogP contribution < -0.4 is 4.74 Å². The molecule has 0 saturated carbocycles. The van der Waals surface area contributed by atoms with E-state index in [1.54, 1.807) is 7.11 Å². The molecular weight excluding hydrogens is 335 g/mol. The van der Waals surface area contributed by atoms with Gasteiger partial charge in [0, 0.05) is 5.92 Å². The van der Waals surface area contributed by atoms with Crippen LogP contribution in [0, 0.1) is 6.92 Å². The molecule has 3 nitrogen and oxygen atoms in total. The number of hydrogen-bond donors (Lipinski definition) is 0. The van der Waals surface area contributed by atoms with Crippen LogP contribution in [0.2, 0.25) is 6.32 Å². The lowest BCUT2D eigenvalue weighted by atomic mass is 9.76. The number of aryl methyl sites for hydroxylation is 1. The van der Waals surface area contributed by atoms with Crippen molar-refractivity contribution in [2.24, 2.45) is 0 Å². The largest absolute Gasteiger partial charge is 0.496 e. The Kier molecular flexibility index (Phi) is 5.69. The Morgan fingerprint density at radius 2 is 1.56 bits per heavy atom. The molecule has 1 aliphatic heterocycles. The Hall–Kier alpha value is -1.78. The Balaban J connectivity index is 1.81. The highest BCUT2D eigenvalue weighted by atomic mass is 16.7. The molecule has 1 atom stereocenters. The zero-order valence-electron chi connectivity index (χ0n) is 17.4. The first-order chi connectivity index (χ1) is 12.7. The number of benzene rings is 2. The van der Waals surface area contributed by atoms with E-state index in [4.69, 9.17) is 14.0 Å². The van der Waals surface area contributed by atoms with Crippen molar-refractivity contribution in [1.29, 1.82) is 0 Å². The second-order valence-electron chi connectivity index (χ2n) is 8.46. The van der Waals surface area contributed by atoms with Crippen LogP contribution >= 0.6 is 0 Å². The van der Waals surface area contributed by atoms with Crippen molar-refractivity contribution in [2.75, 3.05) is 7.11 Å². The number of rotatable bonds is 6. The van der Waals surface area contributed by atoms with Crippen LogP contribution in [0.5, 0.6) is 5.75 Å². The molecule has 3 rings (SSSR count). The molecule has 1 aliphatic rings. The average Bonchev–Trinajstić information content (AvgIpc) is 2.83. The van der Waals surface area contributed by atoms with Crippen LogP contribution in [-0.2, 0) is 9.31 Å². The van der Waals surface area contributed by atoms with Gasteiger partial charge in [-0.2, -0.15) is 0 Å². The van der Waals surface area contributed by atoms with Crippen molar-refractivity contribution in [1.82, 2.24) is 0 Å². The molecule has 4 heteroatoms. The molecule has 0 radical (unpaired) electrons. The van der Waals surface area contributed by atoms with Gasteiger partial charge in [0.15, 0.2) is 0 Å². The van der Waals surface area contributed by atoms with Crippen molar-refractivity contribution in [2.45, 2.75) is 64.5 Å². The Bertz CT molecular complexity index is 754. The Morgan fingerprint density at radius 3 is 2.11 bits per heavy atom. The second-order valence-corrected chi connectivity index (χ2v) is 8.46. The van der Waals surface area contributed by atoms with E-state index in [0.717, 1.165) is 24.1 Å². The molecule has 0 bridgehead atoms. The molecule has 0 spiro atoms. The highest BCUT2D eigenvalue weighted by Gasteiger charge is 2.50. The zero-order chi connectivity index (χ0) is 19.7. The van der Waals surface area contributed by atoms with E-state index in [1.807, 2.05) is 0 Å². The van der Waals surface area contributed by atoms with Gasteiger partial charge in [0.05, 0.1) is 18.3 Å². The van der Waals surface area contributed by atoms with E-state index in [2.05, 4.69) is 83.1 Å². The quantitative estimate of drug-likeness (QED) is 0.621. The van der Waals surface area contributed by atoms with Crippen molar-refractivity contribution in [3.63, 3.8) is 0 Å². The lowest BCUT2D eigenvalue weighted by molar-refractivity contribution is 0.00578. The topological polar surface area (TPSA) is 27.7 Å². The molecule has 2 aromatic rings. The van der Waals surface area contributed by atoms with Crippen LogP contribution in [0.1, 0.15) is 56.7 Å². The maximum atomic E-state index is 6.20. The summed E-state index contributed by atoms with van der Waals surface area (Å²) in [4.78, 5) is 0. The second kappa shape index (κ2) is 7.69. The van der Waals surface area contributed by atoms with Gasteiger partial charge in [-0.25, -0.2) is 0 Å². The van der Waals surface area contributed by atoms with Crippen molar-refractivity contribution in [3.8, 4) is 5.75 Å². The van der Waals surface area contributed by atoms with E-state index in [-0.39, 0.29) is 18.3 Å². The molecule has 2 aromatic carbocycles. The smallest absolute Gasteiger partial charge is 0.457 e. The van der Waals surface area contributed by atoms with Gasteiger partial charge in [-0.3, -0.25) is 0 Å². The fourth-order valence-corrected chi connectivity index (χ4v) is 3.72. The molecule has 0 N–H and O–H groups in total. The molecular formula is C23H31BO3. The molecule has 1 saturated heterocycles. The zero-order valence-corrected chi connectivity index (χ0v) is 17.4. The van der Waals surface area contributed by atoms with Gasteiger partial charge in [0.2, 0.25) is 0 Å². The predicted octanol–water partition coefficient (Wildman–Crippen LogP) is 5.62. The highest BCUT2D eigenvalue weighted by molar-refractivity contribution is 6.45. The SMILES string of the molecule is COc1ccc(C(CCB2OC(C)(C)C(C)(C)O2)c2ccccc2)cc1C. The minimum Gasteiger partial charge on any atom is -0.496 e. The van der Waals surface area contributed by atoms with Gasteiger partial charge < -0.3 is 14.0 Å². The first-order valence-corrected chi connectivity index (χ1v) is 9.78. The van der Waals surface area contributed by atoms with Crippen LogP contribution in [-0.4, -0.2) is 25.4 Å². The third kappa shape index (κ3) is 4.22. The van der Waals surface area contributed by atoms with E-state index in [0.29, 0.717) is 5.92 Å². The first kappa shape index (κ1) is 20.0. The molecule has 0 aromatic heterocycles. The highest BCUT2D eigenvalue weighted by Crippen LogP contribution is 2.40. The number of ether oxygens (including phenoxy) is 1. The van der Waals surface area contributed by atoms with Gasteiger partial charge in [0.25, 0.3) is 0 Å². The maximum absolute atomic E-state index is 6.20. The summed E-state index contributed by atoms with van der Waals surface area (Å²) in [6.45, 7) is 10.5. The fourth-order valence-electron chi connectivity index (χ4n) is 3.72. The maximum Gasteiger partial charge on any atom is 0.457 e. The van der Waals surface area contributed by atoms with Crippen LogP contribution in [0.15, 0.2) is 48.5 Å². The van der Waals surface area contributed by atoms with Gasteiger partial charge >= 0.3 is 7.12 Å². The molecule has 144 valence electrons. The molecule has 0 aliphatic carbocycles. The van der Waals surface area contributed by atoms with Gasteiger partial charge in [0.1, 0.15) is 5.75 Å². The summed E-state index contributed by atoms with van der Waals surface area (Å²) >= 11 is 0. The third-order valence-corrected chi connectivity index (χ3v) is 6.02. The summed E-state index contributed by atoms with van der Waals surface area (Å²) in [7, 11) is 1.55. The predicted molar refractivity (Wildman–Crippen MR) is 112 cm³/mol. The molecule has 1 fully saturated rings. The summed E-state index contributed by atoms with van der Waals surface area (Å²) in [5.74, 6) is 1.23. The van der Waals surface area contributed by atoms with Crippen LogP contribution in [0.3, 0.4) is 0 Å². The third-order valence-electron chi connectivity index (χ3n) is 6.02. The van der Waals surface area contributed by atoms with Crippen molar-refractivity contribution in [3.05, 3.63) is 65.2 Å². The van der Waals surface area contributed by atoms with Gasteiger partial charge in [-0.1, -0.05) is 42.5 Å².